The predicted molar refractivity (Wildman–Crippen MR) is 80.2 cm³/mol. The maximum Gasteiger partial charge on any atom is 0.269 e. The molecule has 0 aliphatic carbocycles. The molecular formula is C16H14FN5O. The number of hydrogen-bond acceptors (Lipinski definition) is 4. The van der Waals surface area contributed by atoms with Gasteiger partial charge in [0.1, 0.15) is 0 Å². The Bertz CT molecular complexity index is 870. The Kier molecular flexibility index (Phi) is 3.07. The van der Waals surface area contributed by atoms with Gasteiger partial charge in [-0.1, -0.05) is 30.3 Å². The zero-order valence-electron chi connectivity index (χ0n) is 12.4. The van der Waals surface area contributed by atoms with E-state index in [2.05, 4.69) is 15.2 Å². The number of fused-ring (bicyclic) bond motifs is 1. The minimum Gasteiger partial charge on any atom is -0.294 e. The number of halogens is 1. The van der Waals surface area contributed by atoms with Crippen LogP contribution >= 0.6 is 0 Å². The molecule has 7 heteroatoms. The fourth-order valence-corrected chi connectivity index (χ4v) is 2.83. The van der Waals surface area contributed by atoms with E-state index in [1.165, 1.54) is 17.8 Å². The third kappa shape index (κ3) is 2.25. The standard InChI is InChI=1S/C16H14FN5O/c1-10(23)12-8-18-21(9-12)16-19-15-13(17)7-14(22(15)20-16)11-5-3-2-4-6-11/h2-6,8-9,13-14H,7H2,1H3/t13-,14-/m0/s1. The van der Waals surface area contributed by atoms with Crippen LogP contribution in [0.2, 0.25) is 0 Å². The molecule has 0 radical (unpaired) electrons. The van der Waals surface area contributed by atoms with E-state index in [0.717, 1.165) is 5.56 Å². The van der Waals surface area contributed by atoms with Crippen molar-refractivity contribution in [1.29, 1.82) is 0 Å². The van der Waals surface area contributed by atoms with Crippen molar-refractivity contribution in [2.75, 3.05) is 0 Å². The summed E-state index contributed by atoms with van der Waals surface area (Å²) >= 11 is 0. The molecule has 0 bridgehead atoms. The van der Waals surface area contributed by atoms with E-state index in [-0.39, 0.29) is 17.8 Å². The molecule has 1 aliphatic rings. The smallest absolute Gasteiger partial charge is 0.269 e. The largest absolute Gasteiger partial charge is 0.294 e. The van der Waals surface area contributed by atoms with Crippen molar-refractivity contribution >= 4 is 5.78 Å². The van der Waals surface area contributed by atoms with Gasteiger partial charge in [0.25, 0.3) is 5.95 Å². The highest BCUT2D eigenvalue weighted by Gasteiger charge is 2.35. The molecule has 0 N–H and O–H groups in total. The monoisotopic (exact) mass is 311 g/mol. The summed E-state index contributed by atoms with van der Waals surface area (Å²) in [6.07, 6.45) is 2.18. The van der Waals surface area contributed by atoms with E-state index in [9.17, 15) is 9.18 Å². The molecule has 4 rings (SSSR count). The molecule has 3 heterocycles. The van der Waals surface area contributed by atoms with Crippen LogP contribution < -0.4 is 0 Å². The van der Waals surface area contributed by atoms with Gasteiger partial charge in [-0.05, 0) is 12.5 Å². The number of nitrogens with zero attached hydrogens (tertiary/aromatic N) is 5. The molecule has 2 aromatic heterocycles. The third-order valence-corrected chi connectivity index (χ3v) is 4.03. The second-order valence-electron chi connectivity index (χ2n) is 5.57. The molecule has 1 aromatic carbocycles. The normalized spacial score (nSPS) is 19.7. The summed E-state index contributed by atoms with van der Waals surface area (Å²) in [5, 5.41) is 8.48. The molecule has 0 spiro atoms. The van der Waals surface area contributed by atoms with Crippen molar-refractivity contribution < 1.29 is 9.18 Å². The molecule has 0 amide bonds. The van der Waals surface area contributed by atoms with Crippen LogP contribution in [0.1, 0.15) is 47.3 Å². The molecule has 2 atom stereocenters. The molecule has 6 nitrogen and oxygen atoms in total. The highest BCUT2D eigenvalue weighted by atomic mass is 19.1. The summed E-state index contributed by atoms with van der Waals surface area (Å²) in [6, 6.07) is 9.50. The third-order valence-electron chi connectivity index (χ3n) is 4.03. The number of ketones is 1. The second-order valence-corrected chi connectivity index (χ2v) is 5.57. The summed E-state index contributed by atoms with van der Waals surface area (Å²) in [6.45, 7) is 1.46. The van der Waals surface area contributed by atoms with Crippen LogP contribution in [0.4, 0.5) is 4.39 Å². The van der Waals surface area contributed by atoms with Gasteiger partial charge in [-0.2, -0.15) is 10.1 Å². The lowest BCUT2D eigenvalue weighted by molar-refractivity contribution is 0.101. The van der Waals surface area contributed by atoms with Crippen molar-refractivity contribution in [3.63, 3.8) is 0 Å². The fourth-order valence-electron chi connectivity index (χ4n) is 2.83. The minimum absolute atomic E-state index is 0.0893. The number of aromatic nitrogens is 5. The molecule has 0 unspecified atom stereocenters. The Morgan fingerprint density at radius 1 is 1.30 bits per heavy atom. The number of rotatable bonds is 3. The van der Waals surface area contributed by atoms with Crippen molar-refractivity contribution in [1.82, 2.24) is 24.5 Å². The highest BCUT2D eigenvalue weighted by Crippen LogP contribution is 2.39. The molecule has 116 valence electrons. The molecule has 0 saturated heterocycles. The predicted octanol–water partition coefficient (Wildman–Crippen LogP) is 2.67. The van der Waals surface area contributed by atoms with Crippen molar-refractivity contribution in [3.05, 3.63) is 59.7 Å². The van der Waals surface area contributed by atoms with E-state index in [4.69, 9.17) is 0 Å². The van der Waals surface area contributed by atoms with Crippen LogP contribution in [-0.2, 0) is 0 Å². The first-order valence-electron chi connectivity index (χ1n) is 7.35. The van der Waals surface area contributed by atoms with Gasteiger partial charge < -0.3 is 0 Å². The molecule has 0 fully saturated rings. The fraction of sp³-hybridized carbons (Fsp3) is 0.250. The maximum absolute atomic E-state index is 14.3. The van der Waals surface area contributed by atoms with Gasteiger partial charge in [0.05, 0.1) is 17.8 Å². The van der Waals surface area contributed by atoms with E-state index < -0.39 is 6.17 Å². The average Bonchev–Trinajstić information content (AvgIpc) is 3.24. The highest BCUT2D eigenvalue weighted by molar-refractivity contribution is 5.93. The first-order chi connectivity index (χ1) is 11.1. The van der Waals surface area contributed by atoms with Crippen molar-refractivity contribution in [2.45, 2.75) is 25.6 Å². The summed E-state index contributed by atoms with van der Waals surface area (Å²) in [7, 11) is 0. The first-order valence-corrected chi connectivity index (χ1v) is 7.35. The van der Waals surface area contributed by atoms with Crippen LogP contribution in [0.5, 0.6) is 0 Å². The van der Waals surface area contributed by atoms with E-state index in [0.29, 0.717) is 17.8 Å². The zero-order valence-corrected chi connectivity index (χ0v) is 12.4. The summed E-state index contributed by atoms with van der Waals surface area (Å²) in [5.41, 5.74) is 1.46. The van der Waals surface area contributed by atoms with E-state index in [1.54, 1.807) is 10.9 Å². The number of Topliss-reactive ketones (excluding diaryl/α,β-unsaturated/α-hetero) is 1. The summed E-state index contributed by atoms with van der Waals surface area (Å²) < 4.78 is 17.3. The van der Waals surface area contributed by atoms with Crippen molar-refractivity contribution in [2.24, 2.45) is 0 Å². The van der Waals surface area contributed by atoms with Gasteiger partial charge in [-0.15, -0.1) is 5.10 Å². The minimum atomic E-state index is -1.16. The quantitative estimate of drug-likeness (QED) is 0.698. The second kappa shape index (κ2) is 5.12. The number of benzene rings is 1. The van der Waals surface area contributed by atoms with Gasteiger partial charge in [-0.25, -0.2) is 13.8 Å². The first kappa shape index (κ1) is 13.8. The van der Waals surface area contributed by atoms with Crippen LogP contribution in [0.3, 0.4) is 0 Å². The number of hydrogen-bond donors (Lipinski definition) is 0. The summed E-state index contributed by atoms with van der Waals surface area (Å²) in [4.78, 5) is 15.6. The summed E-state index contributed by atoms with van der Waals surface area (Å²) in [5.74, 6) is 0.484. The SMILES string of the molecule is CC(=O)c1cnn(-c2nc3n(n2)[C@H](c2ccccc2)C[C@@H]3F)c1. The zero-order chi connectivity index (χ0) is 16.0. The van der Waals surface area contributed by atoms with Gasteiger partial charge in [0.15, 0.2) is 17.8 Å². The lowest BCUT2D eigenvalue weighted by atomic mass is 10.0. The van der Waals surface area contributed by atoms with Crippen molar-refractivity contribution in [3.8, 4) is 5.95 Å². The molecule has 3 aromatic rings. The topological polar surface area (TPSA) is 65.6 Å². The van der Waals surface area contributed by atoms with Crippen LogP contribution in [0, 0.1) is 0 Å². The lowest BCUT2D eigenvalue weighted by Gasteiger charge is -2.11. The van der Waals surface area contributed by atoms with Gasteiger partial charge >= 0.3 is 0 Å². The molecule has 1 aliphatic heterocycles. The van der Waals surface area contributed by atoms with E-state index in [1.807, 2.05) is 30.3 Å². The number of alkyl halides is 1. The Labute approximate surface area is 131 Å². The Morgan fingerprint density at radius 2 is 2.09 bits per heavy atom. The Hall–Kier alpha value is -2.83. The average molecular weight is 311 g/mol. The Morgan fingerprint density at radius 3 is 2.78 bits per heavy atom. The lowest BCUT2D eigenvalue weighted by Crippen LogP contribution is -2.08. The molecular weight excluding hydrogens is 297 g/mol. The van der Waals surface area contributed by atoms with Crippen LogP contribution in [0.25, 0.3) is 5.95 Å². The Balaban J connectivity index is 1.74. The molecule has 0 saturated carbocycles. The van der Waals surface area contributed by atoms with Gasteiger partial charge in [-0.3, -0.25) is 4.79 Å². The number of carbonyl (C=O) groups is 1. The maximum atomic E-state index is 14.3. The van der Waals surface area contributed by atoms with Crippen LogP contribution in [0.15, 0.2) is 42.7 Å². The van der Waals surface area contributed by atoms with Gasteiger partial charge in [0.2, 0.25) is 0 Å². The van der Waals surface area contributed by atoms with E-state index >= 15 is 0 Å². The van der Waals surface area contributed by atoms with Crippen LogP contribution in [-0.4, -0.2) is 30.3 Å². The number of carbonyl (C=O) groups excluding carboxylic acids is 1. The van der Waals surface area contributed by atoms with Gasteiger partial charge in [0, 0.05) is 12.6 Å². The molecule has 23 heavy (non-hydrogen) atoms.